The van der Waals surface area contributed by atoms with Crippen molar-refractivity contribution in [3.8, 4) is 11.1 Å². The van der Waals surface area contributed by atoms with Gasteiger partial charge in [0.25, 0.3) is 5.91 Å². The first-order chi connectivity index (χ1) is 12.6. The van der Waals surface area contributed by atoms with Gasteiger partial charge >= 0.3 is 0 Å². The van der Waals surface area contributed by atoms with E-state index in [4.69, 9.17) is 4.74 Å². The Balaban J connectivity index is 1.69. The molecule has 3 aromatic rings. The number of aromatic nitrogens is 4. The minimum atomic E-state index is -0.133. The van der Waals surface area contributed by atoms with E-state index in [9.17, 15) is 4.79 Å². The van der Waals surface area contributed by atoms with Crippen LogP contribution >= 0.6 is 11.3 Å². The van der Waals surface area contributed by atoms with E-state index in [1.54, 1.807) is 7.11 Å². The van der Waals surface area contributed by atoms with Gasteiger partial charge in [-0.05, 0) is 31.0 Å². The van der Waals surface area contributed by atoms with Gasteiger partial charge in [0.1, 0.15) is 10.0 Å². The van der Waals surface area contributed by atoms with Crippen molar-refractivity contribution in [3.63, 3.8) is 0 Å². The van der Waals surface area contributed by atoms with Gasteiger partial charge in [0.05, 0.1) is 18.8 Å². The number of aromatic amines is 1. The molecule has 1 amide bonds. The highest BCUT2D eigenvalue weighted by molar-refractivity contribution is 7.11. The van der Waals surface area contributed by atoms with Crippen molar-refractivity contribution in [2.45, 2.75) is 33.4 Å². The zero-order chi connectivity index (χ0) is 18.5. The summed E-state index contributed by atoms with van der Waals surface area (Å²) in [6.45, 7) is 4.82. The highest BCUT2D eigenvalue weighted by atomic mass is 32.1. The third kappa shape index (κ3) is 3.97. The number of benzene rings is 1. The van der Waals surface area contributed by atoms with E-state index in [-0.39, 0.29) is 5.91 Å². The van der Waals surface area contributed by atoms with Crippen molar-refractivity contribution in [1.29, 1.82) is 0 Å². The lowest BCUT2D eigenvalue weighted by molar-refractivity contribution is 0.0951. The number of hydrogen-bond acceptors (Lipinski definition) is 6. The second-order valence-electron chi connectivity index (χ2n) is 5.81. The zero-order valence-electron chi connectivity index (χ0n) is 15.0. The van der Waals surface area contributed by atoms with Crippen LogP contribution in [0.2, 0.25) is 0 Å². The van der Waals surface area contributed by atoms with Crippen molar-refractivity contribution in [2.24, 2.45) is 0 Å². The molecule has 2 aromatic heterocycles. The summed E-state index contributed by atoms with van der Waals surface area (Å²) in [5.41, 5.74) is 4.43. The van der Waals surface area contributed by atoms with E-state index in [1.165, 1.54) is 11.3 Å². The van der Waals surface area contributed by atoms with Gasteiger partial charge in [0.15, 0.2) is 0 Å². The molecule has 0 saturated carbocycles. The molecule has 2 N–H and O–H groups in total. The van der Waals surface area contributed by atoms with Gasteiger partial charge in [0, 0.05) is 23.9 Å². The Hall–Kier alpha value is -2.58. The van der Waals surface area contributed by atoms with Crippen LogP contribution in [0, 0.1) is 6.92 Å². The second-order valence-corrected chi connectivity index (χ2v) is 6.95. The molecular formula is C18H21N5O2S. The lowest BCUT2D eigenvalue weighted by atomic mass is 10.0. The predicted molar refractivity (Wildman–Crippen MR) is 99.9 cm³/mol. The maximum absolute atomic E-state index is 12.3. The first-order valence-corrected chi connectivity index (χ1v) is 9.16. The molecule has 2 heterocycles. The van der Waals surface area contributed by atoms with Crippen LogP contribution in [0.1, 0.15) is 38.7 Å². The monoisotopic (exact) mass is 371 g/mol. The van der Waals surface area contributed by atoms with Gasteiger partial charge in [-0.1, -0.05) is 30.4 Å². The first kappa shape index (κ1) is 18.2. The number of nitrogens with zero attached hydrogens (tertiary/aromatic N) is 3. The van der Waals surface area contributed by atoms with Crippen molar-refractivity contribution >= 4 is 17.2 Å². The lowest BCUT2D eigenvalue weighted by Gasteiger charge is -2.06. The predicted octanol–water partition coefficient (Wildman–Crippen LogP) is 2.88. The molecule has 1 aromatic carbocycles. The molecule has 0 aliphatic rings. The van der Waals surface area contributed by atoms with Gasteiger partial charge in [-0.3, -0.25) is 9.89 Å². The van der Waals surface area contributed by atoms with Crippen molar-refractivity contribution in [3.05, 3.63) is 51.2 Å². The number of H-pyrrole nitrogens is 1. The van der Waals surface area contributed by atoms with Crippen molar-refractivity contribution in [2.75, 3.05) is 7.11 Å². The van der Waals surface area contributed by atoms with Crippen molar-refractivity contribution < 1.29 is 9.53 Å². The highest BCUT2D eigenvalue weighted by Crippen LogP contribution is 2.26. The topological polar surface area (TPSA) is 92.8 Å². The molecule has 0 saturated heterocycles. The Morgan fingerprint density at radius 2 is 1.96 bits per heavy atom. The molecule has 3 rings (SSSR count). The van der Waals surface area contributed by atoms with E-state index in [2.05, 4.69) is 25.7 Å². The Bertz CT molecular complexity index is 885. The molecule has 0 aliphatic heterocycles. The number of carbonyl (C=O) groups is 1. The van der Waals surface area contributed by atoms with E-state index < -0.39 is 0 Å². The van der Waals surface area contributed by atoms with Crippen LogP contribution in [0.5, 0.6) is 0 Å². The fraction of sp³-hybridized carbons (Fsp3) is 0.333. The molecule has 0 spiro atoms. The fourth-order valence-electron chi connectivity index (χ4n) is 2.65. The second kappa shape index (κ2) is 8.20. The molecule has 0 fully saturated rings. The van der Waals surface area contributed by atoms with Crippen LogP contribution in [0.25, 0.3) is 11.1 Å². The summed E-state index contributed by atoms with van der Waals surface area (Å²) < 4.78 is 5.19. The van der Waals surface area contributed by atoms with Crippen LogP contribution in [-0.4, -0.2) is 33.4 Å². The highest BCUT2D eigenvalue weighted by Gasteiger charge is 2.13. The molecule has 26 heavy (non-hydrogen) atoms. The minimum Gasteiger partial charge on any atom is -0.378 e. The van der Waals surface area contributed by atoms with Gasteiger partial charge in [0.2, 0.25) is 0 Å². The van der Waals surface area contributed by atoms with E-state index >= 15 is 0 Å². The molecule has 0 atom stereocenters. The van der Waals surface area contributed by atoms with Crippen LogP contribution < -0.4 is 5.32 Å². The number of rotatable bonds is 7. The number of nitrogens with one attached hydrogen (secondary N) is 2. The van der Waals surface area contributed by atoms with Crippen LogP contribution in [0.3, 0.4) is 0 Å². The summed E-state index contributed by atoms with van der Waals surface area (Å²) in [6, 6.07) is 7.47. The largest absolute Gasteiger partial charge is 0.378 e. The molecule has 0 aliphatic carbocycles. The van der Waals surface area contributed by atoms with Gasteiger partial charge in [-0.25, -0.2) is 0 Å². The average Bonchev–Trinajstić information content (AvgIpc) is 3.27. The summed E-state index contributed by atoms with van der Waals surface area (Å²) in [7, 11) is 1.64. The number of carbonyl (C=O) groups excluding carboxylic acids is 1. The standard InChI is InChI=1S/C18H21N5O2S/c1-4-15-22-23-16(26-15)9-19-18(24)13-7-5-12(6-8-13)17-11(2)20-21-14(17)10-25-3/h5-8H,4,9-10H2,1-3H3,(H,19,24)(H,20,21). The number of ether oxygens (including phenoxy) is 1. The molecule has 8 heteroatoms. The minimum absolute atomic E-state index is 0.133. The number of hydrogen-bond donors (Lipinski definition) is 2. The maximum atomic E-state index is 12.3. The average molecular weight is 371 g/mol. The Morgan fingerprint density at radius 1 is 1.23 bits per heavy atom. The smallest absolute Gasteiger partial charge is 0.251 e. The van der Waals surface area contributed by atoms with Crippen LogP contribution in [0.4, 0.5) is 0 Å². The Morgan fingerprint density at radius 3 is 2.62 bits per heavy atom. The molecule has 7 nitrogen and oxygen atoms in total. The third-order valence-corrected chi connectivity index (χ3v) is 5.02. The molecular weight excluding hydrogens is 350 g/mol. The van der Waals surface area contributed by atoms with Crippen LogP contribution in [0.15, 0.2) is 24.3 Å². The number of methoxy groups -OCH3 is 1. The van der Waals surface area contributed by atoms with Crippen molar-refractivity contribution in [1.82, 2.24) is 25.7 Å². The Kier molecular flexibility index (Phi) is 5.75. The van der Waals surface area contributed by atoms with E-state index in [1.807, 2.05) is 38.1 Å². The summed E-state index contributed by atoms with van der Waals surface area (Å²) in [6.07, 6.45) is 0.853. The van der Waals surface area contributed by atoms with Gasteiger partial charge in [-0.2, -0.15) is 5.10 Å². The fourth-order valence-corrected chi connectivity index (χ4v) is 3.38. The van der Waals surface area contributed by atoms with E-state index in [0.717, 1.165) is 39.0 Å². The first-order valence-electron chi connectivity index (χ1n) is 8.35. The summed E-state index contributed by atoms with van der Waals surface area (Å²) >= 11 is 1.52. The van der Waals surface area contributed by atoms with Gasteiger partial charge < -0.3 is 10.1 Å². The number of aryl methyl sites for hydroxylation is 2. The Labute approximate surface area is 155 Å². The molecule has 0 radical (unpaired) electrons. The molecule has 0 unspecified atom stereocenters. The quantitative estimate of drug-likeness (QED) is 0.666. The summed E-state index contributed by atoms with van der Waals surface area (Å²) in [4.78, 5) is 12.3. The third-order valence-electron chi connectivity index (χ3n) is 3.95. The SMILES string of the molecule is CCc1nnc(CNC(=O)c2ccc(-c3c(COC)n[nH]c3C)cc2)s1. The summed E-state index contributed by atoms with van der Waals surface area (Å²) in [5, 5.41) is 20.0. The molecule has 136 valence electrons. The number of amides is 1. The normalized spacial score (nSPS) is 10.9. The lowest BCUT2D eigenvalue weighted by Crippen LogP contribution is -2.22. The van der Waals surface area contributed by atoms with Gasteiger partial charge in [-0.15, -0.1) is 10.2 Å². The maximum Gasteiger partial charge on any atom is 0.251 e. The van der Waals surface area contributed by atoms with E-state index in [0.29, 0.717) is 18.7 Å². The van der Waals surface area contributed by atoms with Crippen LogP contribution in [-0.2, 0) is 24.3 Å². The zero-order valence-corrected chi connectivity index (χ0v) is 15.8. The summed E-state index contributed by atoms with van der Waals surface area (Å²) in [5.74, 6) is -0.133. The molecule has 0 bridgehead atoms.